The Balaban J connectivity index is 2.17. The number of hydrogen-bond donors (Lipinski definition) is 2. The minimum atomic E-state index is -6.36. The van der Waals surface area contributed by atoms with Crippen LogP contribution in [0.3, 0.4) is 0 Å². The molecule has 32 heavy (non-hydrogen) atoms. The molecular weight excluding hydrogens is 503 g/mol. The summed E-state index contributed by atoms with van der Waals surface area (Å²) in [5, 5.41) is -2.73. The van der Waals surface area contributed by atoms with Gasteiger partial charge in [0, 0.05) is 4.90 Å². The van der Waals surface area contributed by atoms with Gasteiger partial charge in [0.1, 0.15) is 11.6 Å². The number of amides is 3. The van der Waals surface area contributed by atoms with Gasteiger partial charge in [0.25, 0.3) is 5.91 Å². The first-order valence-corrected chi connectivity index (χ1v) is 9.13. The molecule has 0 unspecified atom stereocenters. The van der Waals surface area contributed by atoms with Crippen molar-refractivity contribution in [2.75, 3.05) is 5.32 Å². The topological polar surface area (TPSA) is 58.2 Å². The second-order valence-electron chi connectivity index (χ2n) is 5.84. The zero-order chi connectivity index (χ0) is 24.5. The summed E-state index contributed by atoms with van der Waals surface area (Å²) < 4.78 is 117. The number of hydrogen-bond acceptors (Lipinski definition) is 3. The molecule has 3 amide bonds. The van der Waals surface area contributed by atoms with Crippen molar-refractivity contribution in [1.29, 1.82) is 0 Å². The lowest BCUT2D eigenvalue weighted by atomic mass is 10.2. The highest BCUT2D eigenvalue weighted by Gasteiger charge is 2.73. The minimum Gasteiger partial charge on any atom is -0.305 e. The number of halogens is 10. The second-order valence-corrected chi connectivity index (χ2v) is 7.48. The Labute approximate surface area is 182 Å². The van der Waals surface area contributed by atoms with E-state index in [1.54, 1.807) is 10.6 Å². The molecule has 0 aliphatic heterocycles. The van der Waals surface area contributed by atoms with Crippen LogP contribution in [-0.4, -0.2) is 29.3 Å². The molecule has 174 valence electrons. The van der Waals surface area contributed by atoms with Crippen molar-refractivity contribution in [2.24, 2.45) is 0 Å². The minimum absolute atomic E-state index is 0.113. The van der Waals surface area contributed by atoms with E-state index in [1.165, 1.54) is 6.07 Å². The van der Waals surface area contributed by atoms with Crippen molar-refractivity contribution in [2.45, 2.75) is 22.2 Å². The Morgan fingerprint density at radius 3 is 1.97 bits per heavy atom. The fourth-order valence-corrected chi connectivity index (χ4v) is 3.24. The molecule has 4 nitrogen and oxygen atoms in total. The van der Waals surface area contributed by atoms with Crippen LogP contribution in [-0.2, 0) is 0 Å². The second kappa shape index (κ2) is 9.10. The van der Waals surface area contributed by atoms with Crippen LogP contribution in [0.15, 0.2) is 41.3 Å². The van der Waals surface area contributed by atoms with Gasteiger partial charge < -0.3 is 5.32 Å². The lowest BCUT2D eigenvalue weighted by molar-refractivity contribution is -0.302. The third-order valence-corrected chi connectivity index (χ3v) is 5.14. The van der Waals surface area contributed by atoms with Crippen LogP contribution in [0.1, 0.15) is 10.4 Å². The molecule has 0 aliphatic rings. The zero-order valence-electron chi connectivity index (χ0n) is 15.0. The van der Waals surface area contributed by atoms with E-state index in [-0.39, 0.29) is 11.1 Å². The number of imide groups is 1. The van der Waals surface area contributed by atoms with Gasteiger partial charge in [0.15, 0.2) is 0 Å². The normalized spacial score (nSPS) is 12.4. The number of rotatable bonds is 4. The van der Waals surface area contributed by atoms with Gasteiger partial charge in [0.2, 0.25) is 0 Å². The molecule has 2 rings (SSSR count). The molecule has 15 heteroatoms. The van der Waals surface area contributed by atoms with E-state index in [4.69, 9.17) is 11.6 Å². The Hall–Kier alpha value is -2.61. The monoisotopic (exact) mass is 510 g/mol. The molecule has 0 aliphatic carbocycles. The van der Waals surface area contributed by atoms with E-state index in [1.807, 2.05) is 0 Å². The number of thioether (sulfide) groups is 1. The average Bonchev–Trinajstić information content (AvgIpc) is 2.61. The number of carbonyl (C=O) groups excluding carboxylic acids is 2. The SMILES string of the molecule is O=C(NC(=O)c1c(F)cccc1Cl)Nc1ccc(SC(F)(C(F)(F)F)C(F)(F)F)cc1F. The quantitative estimate of drug-likeness (QED) is 0.366. The standard InChI is InChI=1S/C17H8ClF9N2O2S/c18-8-2-1-3-9(19)12(8)13(30)29-14(31)28-11-5-4-7(6-10(11)20)32-15(21,16(22,23)24)17(25,26)27/h1-6H,(H2,28,29,30,31). The van der Waals surface area contributed by atoms with E-state index in [0.29, 0.717) is 12.1 Å². The zero-order valence-corrected chi connectivity index (χ0v) is 16.5. The largest absolute Gasteiger partial charge is 0.441 e. The lowest BCUT2D eigenvalue weighted by Crippen LogP contribution is -2.50. The Kier molecular flexibility index (Phi) is 7.29. The summed E-state index contributed by atoms with van der Waals surface area (Å²) >= 11 is 4.30. The van der Waals surface area contributed by atoms with Gasteiger partial charge in [-0.3, -0.25) is 10.1 Å². The van der Waals surface area contributed by atoms with Crippen molar-refractivity contribution in [3.8, 4) is 0 Å². The molecule has 0 radical (unpaired) electrons. The third kappa shape index (κ3) is 5.41. The summed E-state index contributed by atoms with van der Waals surface area (Å²) in [7, 11) is 0. The first-order valence-electron chi connectivity index (χ1n) is 7.94. The Morgan fingerprint density at radius 1 is 0.875 bits per heavy atom. The number of urea groups is 1. The lowest BCUT2D eigenvalue weighted by Gasteiger charge is -2.29. The fourth-order valence-electron chi connectivity index (χ4n) is 2.13. The summed E-state index contributed by atoms with van der Waals surface area (Å²) in [6, 6.07) is 2.87. The molecule has 0 fully saturated rings. The van der Waals surface area contributed by atoms with Gasteiger partial charge >= 0.3 is 23.4 Å². The summed E-state index contributed by atoms with van der Waals surface area (Å²) in [6.07, 6.45) is -12.7. The van der Waals surface area contributed by atoms with Gasteiger partial charge in [0.05, 0.1) is 16.3 Å². The average molecular weight is 511 g/mol. The maximum absolute atomic E-state index is 14.1. The van der Waals surface area contributed by atoms with Crippen LogP contribution in [0.2, 0.25) is 5.02 Å². The summed E-state index contributed by atoms with van der Waals surface area (Å²) in [5.74, 6) is -3.96. The maximum Gasteiger partial charge on any atom is 0.441 e. The number of anilines is 1. The maximum atomic E-state index is 14.1. The van der Waals surface area contributed by atoms with Crippen LogP contribution >= 0.6 is 23.4 Å². The van der Waals surface area contributed by atoms with Gasteiger partial charge in [-0.2, -0.15) is 26.3 Å². The number of nitrogens with one attached hydrogen (secondary N) is 2. The fraction of sp³-hybridized carbons (Fsp3) is 0.176. The summed E-state index contributed by atoms with van der Waals surface area (Å²) in [4.78, 5) is 22.6. The predicted molar refractivity (Wildman–Crippen MR) is 96.1 cm³/mol. The summed E-state index contributed by atoms with van der Waals surface area (Å²) in [5.41, 5.74) is -1.50. The van der Waals surface area contributed by atoms with Crippen molar-refractivity contribution >= 4 is 41.0 Å². The van der Waals surface area contributed by atoms with Crippen molar-refractivity contribution in [3.63, 3.8) is 0 Å². The van der Waals surface area contributed by atoms with Crippen LogP contribution in [0.25, 0.3) is 0 Å². The first kappa shape index (κ1) is 25.6. The third-order valence-electron chi connectivity index (χ3n) is 3.59. The van der Waals surface area contributed by atoms with Crippen LogP contribution in [0.5, 0.6) is 0 Å². The Morgan fingerprint density at radius 2 is 1.47 bits per heavy atom. The molecule has 2 aromatic carbocycles. The van der Waals surface area contributed by atoms with Crippen LogP contribution in [0.4, 0.5) is 50.0 Å². The highest BCUT2D eigenvalue weighted by atomic mass is 35.5. The van der Waals surface area contributed by atoms with Gasteiger partial charge in [-0.05, 0) is 30.3 Å². The molecule has 0 aromatic heterocycles. The molecule has 2 N–H and O–H groups in total. The van der Waals surface area contributed by atoms with E-state index >= 15 is 0 Å². The van der Waals surface area contributed by atoms with Crippen LogP contribution in [0, 0.1) is 11.6 Å². The highest BCUT2D eigenvalue weighted by Crippen LogP contribution is 2.55. The van der Waals surface area contributed by atoms with E-state index in [9.17, 15) is 49.1 Å². The van der Waals surface area contributed by atoms with E-state index < -0.39 is 68.8 Å². The van der Waals surface area contributed by atoms with E-state index in [0.717, 1.165) is 12.1 Å². The molecule has 2 aromatic rings. The number of carbonyl (C=O) groups is 2. The first-order chi connectivity index (χ1) is 14.6. The van der Waals surface area contributed by atoms with Gasteiger partial charge in [-0.15, -0.1) is 0 Å². The Bertz CT molecular complexity index is 1010. The molecule has 0 saturated heterocycles. The number of benzene rings is 2. The van der Waals surface area contributed by atoms with Crippen molar-refractivity contribution in [1.82, 2.24) is 5.32 Å². The van der Waals surface area contributed by atoms with Crippen LogP contribution < -0.4 is 10.6 Å². The molecule has 0 bridgehead atoms. The molecule has 0 saturated carbocycles. The molecular formula is C17H8ClF9N2O2S. The molecule has 0 atom stereocenters. The van der Waals surface area contributed by atoms with Crippen molar-refractivity contribution in [3.05, 3.63) is 58.6 Å². The van der Waals surface area contributed by atoms with E-state index in [2.05, 4.69) is 0 Å². The van der Waals surface area contributed by atoms with Gasteiger partial charge in [-0.25, -0.2) is 18.0 Å². The smallest absolute Gasteiger partial charge is 0.305 e. The number of alkyl halides is 7. The van der Waals surface area contributed by atoms with Gasteiger partial charge in [-0.1, -0.05) is 29.4 Å². The highest BCUT2D eigenvalue weighted by molar-refractivity contribution is 8.00. The van der Waals surface area contributed by atoms with Crippen molar-refractivity contribution < 1.29 is 49.1 Å². The molecule has 0 spiro atoms. The predicted octanol–water partition coefficient (Wildman–Crippen LogP) is 6.46. The molecule has 0 heterocycles. The summed E-state index contributed by atoms with van der Waals surface area (Å²) in [6.45, 7) is 0.